The van der Waals surface area contributed by atoms with Crippen LogP contribution in [0.3, 0.4) is 0 Å². The first-order chi connectivity index (χ1) is 15.2. The number of benzene rings is 2. The summed E-state index contributed by atoms with van der Waals surface area (Å²) in [4.78, 5) is 24.8. The first-order valence-corrected chi connectivity index (χ1v) is 10.2. The van der Waals surface area contributed by atoms with Crippen molar-refractivity contribution in [1.29, 1.82) is 0 Å². The molecule has 9 heteroatoms. The van der Waals surface area contributed by atoms with Crippen molar-refractivity contribution in [2.24, 2.45) is 0 Å². The van der Waals surface area contributed by atoms with Crippen LogP contribution in [0.2, 0.25) is 0 Å². The Hall–Kier alpha value is -3.07. The number of halogens is 3. The van der Waals surface area contributed by atoms with Crippen molar-refractivity contribution < 1.29 is 37.0 Å². The second-order valence-corrected chi connectivity index (χ2v) is 7.35. The second-order valence-electron chi connectivity index (χ2n) is 7.35. The molecule has 1 saturated heterocycles. The third-order valence-electron chi connectivity index (χ3n) is 5.28. The highest BCUT2D eigenvalue weighted by Crippen LogP contribution is 2.39. The van der Waals surface area contributed by atoms with Crippen molar-refractivity contribution in [2.45, 2.75) is 31.4 Å². The zero-order valence-corrected chi connectivity index (χ0v) is 17.5. The fourth-order valence-electron chi connectivity index (χ4n) is 3.62. The molecule has 0 saturated carbocycles. The van der Waals surface area contributed by atoms with Crippen LogP contribution in [0.1, 0.15) is 30.9 Å². The zero-order chi connectivity index (χ0) is 23.2. The summed E-state index contributed by atoms with van der Waals surface area (Å²) in [5, 5.41) is 2.79. The van der Waals surface area contributed by atoms with Crippen LogP contribution in [-0.2, 0) is 30.7 Å². The van der Waals surface area contributed by atoms with Crippen LogP contribution in [-0.4, -0.2) is 38.3 Å². The Labute approximate surface area is 183 Å². The number of carbonyl (C=O) groups is 2. The Morgan fingerprint density at radius 3 is 2.50 bits per heavy atom. The maximum atomic E-state index is 13.4. The molecule has 0 aromatic heterocycles. The van der Waals surface area contributed by atoms with Crippen molar-refractivity contribution in [3.05, 3.63) is 59.7 Å². The predicted molar refractivity (Wildman–Crippen MR) is 110 cm³/mol. The summed E-state index contributed by atoms with van der Waals surface area (Å²) in [5.74, 6) is -0.605. The number of ether oxygens (including phenoxy) is 3. The van der Waals surface area contributed by atoms with E-state index in [0.717, 1.165) is 12.1 Å². The maximum Gasteiger partial charge on any atom is 0.416 e. The smallest absolute Gasteiger partial charge is 0.416 e. The number of rotatable bonds is 7. The van der Waals surface area contributed by atoms with Crippen LogP contribution >= 0.6 is 0 Å². The first kappa shape index (κ1) is 23.6. The van der Waals surface area contributed by atoms with Gasteiger partial charge in [0.1, 0.15) is 5.75 Å². The van der Waals surface area contributed by atoms with Crippen molar-refractivity contribution in [1.82, 2.24) is 0 Å². The molecule has 0 bridgehead atoms. The van der Waals surface area contributed by atoms with Gasteiger partial charge in [0.2, 0.25) is 5.91 Å². The van der Waals surface area contributed by atoms with Crippen molar-refractivity contribution in [3.8, 4) is 5.75 Å². The summed E-state index contributed by atoms with van der Waals surface area (Å²) in [5.41, 5.74) is -1.28. The lowest BCUT2D eigenvalue weighted by atomic mass is 9.73. The summed E-state index contributed by atoms with van der Waals surface area (Å²) in [7, 11) is 0. The van der Waals surface area contributed by atoms with Gasteiger partial charge in [0, 0.05) is 25.0 Å². The van der Waals surface area contributed by atoms with Crippen LogP contribution < -0.4 is 10.1 Å². The summed E-state index contributed by atoms with van der Waals surface area (Å²) in [6.45, 7) is 2.15. The minimum atomic E-state index is -4.51. The minimum Gasteiger partial charge on any atom is -0.482 e. The molecule has 1 fully saturated rings. The monoisotopic (exact) mass is 451 g/mol. The minimum absolute atomic E-state index is 0.236. The van der Waals surface area contributed by atoms with E-state index in [-0.39, 0.29) is 39.3 Å². The second kappa shape index (κ2) is 10.0. The predicted octanol–water partition coefficient (Wildman–Crippen LogP) is 4.33. The van der Waals surface area contributed by atoms with Gasteiger partial charge in [0.05, 0.1) is 17.6 Å². The van der Waals surface area contributed by atoms with Gasteiger partial charge in [-0.2, -0.15) is 13.2 Å². The number of amides is 1. The van der Waals surface area contributed by atoms with Gasteiger partial charge in [-0.1, -0.05) is 24.3 Å². The molecule has 0 radical (unpaired) electrons. The van der Waals surface area contributed by atoms with Gasteiger partial charge >= 0.3 is 12.1 Å². The summed E-state index contributed by atoms with van der Waals surface area (Å²) in [6, 6.07) is 11.3. The average Bonchev–Trinajstić information content (AvgIpc) is 2.78. The van der Waals surface area contributed by atoms with E-state index in [9.17, 15) is 22.8 Å². The third kappa shape index (κ3) is 5.59. The highest BCUT2D eigenvalue weighted by atomic mass is 19.4. The Morgan fingerprint density at radius 2 is 1.81 bits per heavy atom. The number of hydrogen-bond acceptors (Lipinski definition) is 5. The molecule has 0 spiro atoms. The van der Waals surface area contributed by atoms with E-state index in [1.807, 2.05) is 0 Å². The lowest BCUT2D eigenvalue weighted by Crippen LogP contribution is -2.45. The van der Waals surface area contributed by atoms with Gasteiger partial charge in [-0.05, 0) is 43.5 Å². The van der Waals surface area contributed by atoms with Crippen LogP contribution in [0.25, 0.3) is 0 Å². The van der Waals surface area contributed by atoms with E-state index in [1.54, 1.807) is 31.2 Å². The number of anilines is 1. The van der Waals surface area contributed by atoms with Crippen LogP contribution in [0.4, 0.5) is 18.9 Å². The molecular weight excluding hydrogens is 427 g/mol. The van der Waals surface area contributed by atoms with Gasteiger partial charge < -0.3 is 19.5 Å². The van der Waals surface area contributed by atoms with Crippen LogP contribution in [0, 0.1) is 0 Å². The SMILES string of the molecule is CCOC(=O)COc1cccc(NC(=O)C2(c3cccc(C(F)(F)F)c3)CCOCC2)c1. The molecular formula is C23H24F3NO5. The Kier molecular flexibility index (Phi) is 7.40. The molecule has 0 aliphatic carbocycles. The molecule has 32 heavy (non-hydrogen) atoms. The highest BCUT2D eigenvalue weighted by molar-refractivity contribution is 5.99. The summed E-state index contributed by atoms with van der Waals surface area (Å²) >= 11 is 0. The van der Waals surface area contributed by atoms with Crippen molar-refractivity contribution in [2.75, 3.05) is 31.7 Å². The molecule has 3 rings (SSSR count). The van der Waals surface area contributed by atoms with Crippen molar-refractivity contribution >= 4 is 17.6 Å². The summed E-state index contributed by atoms with van der Waals surface area (Å²) in [6.07, 6.45) is -4.01. The van der Waals surface area contributed by atoms with Gasteiger partial charge in [0.15, 0.2) is 6.61 Å². The maximum absolute atomic E-state index is 13.4. The molecule has 0 atom stereocenters. The standard InChI is InChI=1S/C23H24F3NO5/c1-2-31-20(28)15-32-19-8-4-7-18(14-19)27-21(29)22(9-11-30-12-10-22)16-5-3-6-17(13-16)23(24,25)26/h3-8,13-14H,2,9-12,15H2,1H3,(H,27,29). The molecule has 1 heterocycles. The molecule has 2 aromatic carbocycles. The Morgan fingerprint density at radius 1 is 1.09 bits per heavy atom. The van der Waals surface area contributed by atoms with Crippen LogP contribution in [0.5, 0.6) is 5.75 Å². The van der Waals surface area contributed by atoms with E-state index in [4.69, 9.17) is 14.2 Å². The molecule has 2 aromatic rings. The number of nitrogens with one attached hydrogen (secondary N) is 1. The molecule has 1 N–H and O–H groups in total. The van der Waals surface area contributed by atoms with Crippen LogP contribution in [0.15, 0.2) is 48.5 Å². The molecule has 1 aliphatic heterocycles. The van der Waals surface area contributed by atoms with E-state index in [0.29, 0.717) is 17.0 Å². The van der Waals surface area contributed by atoms with E-state index in [1.165, 1.54) is 12.1 Å². The first-order valence-electron chi connectivity index (χ1n) is 10.2. The summed E-state index contributed by atoms with van der Waals surface area (Å²) < 4.78 is 55.3. The largest absolute Gasteiger partial charge is 0.482 e. The fourth-order valence-corrected chi connectivity index (χ4v) is 3.62. The number of carbonyl (C=O) groups excluding carboxylic acids is 2. The van der Waals surface area contributed by atoms with Crippen molar-refractivity contribution in [3.63, 3.8) is 0 Å². The third-order valence-corrected chi connectivity index (χ3v) is 5.28. The van der Waals surface area contributed by atoms with Gasteiger partial charge in [-0.15, -0.1) is 0 Å². The van der Waals surface area contributed by atoms with Gasteiger partial charge in [-0.25, -0.2) is 4.79 Å². The number of esters is 1. The van der Waals surface area contributed by atoms with Gasteiger partial charge in [-0.3, -0.25) is 4.79 Å². The van der Waals surface area contributed by atoms with E-state index >= 15 is 0 Å². The zero-order valence-electron chi connectivity index (χ0n) is 17.5. The topological polar surface area (TPSA) is 73.9 Å². The number of hydrogen-bond donors (Lipinski definition) is 1. The van der Waals surface area contributed by atoms with E-state index in [2.05, 4.69) is 5.32 Å². The molecule has 0 unspecified atom stereocenters. The number of alkyl halides is 3. The van der Waals surface area contributed by atoms with E-state index < -0.39 is 29.0 Å². The molecule has 1 amide bonds. The Bertz CT molecular complexity index is 955. The average molecular weight is 451 g/mol. The lowest BCUT2D eigenvalue weighted by molar-refractivity contribution is -0.145. The quantitative estimate of drug-likeness (QED) is 0.635. The lowest BCUT2D eigenvalue weighted by Gasteiger charge is -2.36. The highest BCUT2D eigenvalue weighted by Gasteiger charge is 2.43. The Balaban J connectivity index is 1.82. The molecule has 6 nitrogen and oxygen atoms in total. The molecule has 1 aliphatic rings. The molecule has 172 valence electrons. The van der Waals surface area contributed by atoms with Gasteiger partial charge in [0.25, 0.3) is 0 Å². The fraction of sp³-hybridized carbons (Fsp3) is 0.391. The normalized spacial score (nSPS) is 15.6.